The number of hydrogen-bond donors (Lipinski definition) is 3. The average molecular weight is 353 g/mol. The smallest absolute Gasteiger partial charge is 0.342 e. The summed E-state index contributed by atoms with van der Waals surface area (Å²) in [5.74, 6) is -2.18. The fourth-order valence-electron chi connectivity index (χ4n) is 2.29. The van der Waals surface area contributed by atoms with Gasteiger partial charge in [-0.2, -0.15) is 0 Å². The van der Waals surface area contributed by atoms with Crippen LogP contribution in [0.15, 0.2) is 30.4 Å². The molecule has 0 radical (unpaired) electrons. The van der Waals surface area contributed by atoms with Crippen molar-refractivity contribution in [1.82, 2.24) is 0 Å². The number of benzene rings is 1. The Morgan fingerprint density at radius 1 is 1.17 bits per heavy atom. The van der Waals surface area contributed by atoms with Crippen LogP contribution in [0.2, 0.25) is 5.02 Å². The molecule has 0 unspecified atom stereocenters. The Balaban J connectivity index is 2.45. The Kier molecular flexibility index (Phi) is 6.00. The quantitative estimate of drug-likeness (QED) is 0.619. The molecule has 0 aromatic heterocycles. The van der Waals surface area contributed by atoms with Gasteiger partial charge in [0.2, 0.25) is 0 Å². The molecule has 0 saturated carbocycles. The molecule has 2 rings (SSSR count). The van der Waals surface area contributed by atoms with Gasteiger partial charge in [-0.25, -0.2) is 4.79 Å². The predicted molar refractivity (Wildman–Crippen MR) is 87.3 cm³/mol. The van der Waals surface area contributed by atoms with E-state index in [1.54, 1.807) is 6.08 Å². The van der Waals surface area contributed by atoms with E-state index in [9.17, 15) is 24.9 Å². The number of esters is 1. The van der Waals surface area contributed by atoms with Gasteiger partial charge >= 0.3 is 5.97 Å². The number of carbonyl (C=O) groups excluding carboxylic acids is 2. The number of cyclic esters (lactones) is 1. The number of carbonyl (C=O) groups is 2. The van der Waals surface area contributed by atoms with Crippen LogP contribution in [-0.4, -0.2) is 39.8 Å². The van der Waals surface area contributed by atoms with Crippen LogP contribution in [0.5, 0.6) is 11.5 Å². The molecule has 0 saturated heterocycles. The standard InChI is InChI=1S/C17H17ClO6/c18-16-12-8-11(20)5-2-1-4-10(19)6-3-7-24-17(23)15(12)13(21)9-14(16)22/h1-2,4-5,9-10,19,21-22H,3,6-8H2/b4-1-,5-2+/t10-/m1/s1. The monoisotopic (exact) mass is 352 g/mol. The SMILES string of the molecule is O=C1/C=C/C=C\[C@@H](O)CCCOC(=O)c2c(O)cc(O)c(Cl)c2C1. The third kappa shape index (κ3) is 4.37. The first-order valence-electron chi connectivity index (χ1n) is 7.36. The third-order valence-corrected chi connectivity index (χ3v) is 3.90. The van der Waals surface area contributed by atoms with Crippen LogP contribution in [0.25, 0.3) is 0 Å². The van der Waals surface area contributed by atoms with Crippen LogP contribution in [0.1, 0.15) is 28.8 Å². The maximum Gasteiger partial charge on any atom is 0.342 e. The van der Waals surface area contributed by atoms with Gasteiger partial charge in [0.05, 0.1) is 17.7 Å². The van der Waals surface area contributed by atoms with Gasteiger partial charge in [0.25, 0.3) is 0 Å². The minimum atomic E-state index is -0.844. The Morgan fingerprint density at radius 3 is 2.67 bits per heavy atom. The summed E-state index contributed by atoms with van der Waals surface area (Å²) in [5.41, 5.74) is -0.234. The van der Waals surface area contributed by atoms with Crippen LogP contribution < -0.4 is 0 Å². The zero-order valence-electron chi connectivity index (χ0n) is 12.7. The van der Waals surface area contributed by atoms with Crippen molar-refractivity contribution in [3.05, 3.63) is 46.5 Å². The lowest BCUT2D eigenvalue weighted by Crippen LogP contribution is -2.14. The second-order valence-corrected chi connectivity index (χ2v) is 5.69. The topological polar surface area (TPSA) is 104 Å². The van der Waals surface area contributed by atoms with Crippen molar-refractivity contribution in [2.75, 3.05) is 6.61 Å². The van der Waals surface area contributed by atoms with Crippen molar-refractivity contribution < 1.29 is 29.6 Å². The van der Waals surface area contributed by atoms with E-state index in [4.69, 9.17) is 16.3 Å². The van der Waals surface area contributed by atoms with Crippen LogP contribution >= 0.6 is 11.6 Å². The number of phenolic OH excluding ortho intramolecular Hbond substituents is 2. The number of rotatable bonds is 0. The fourth-order valence-corrected chi connectivity index (χ4v) is 2.51. The summed E-state index contributed by atoms with van der Waals surface area (Å²) in [6.45, 7) is 0.0326. The van der Waals surface area contributed by atoms with E-state index in [1.807, 2.05) is 0 Å². The fraction of sp³-hybridized carbons (Fsp3) is 0.294. The largest absolute Gasteiger partial charge is 0.507 e. The first kappa shape index (κ1) is 18.0. The van der Waals surface area contributed by atoms with Crippen molar-refractivity contribution >= 4 is 23.4 Å². The number of halogens is 1. The number of aliphatic hydroxyl groups is 1. The van der Waals surface area contributed by atoms with Crippen molar-refractivity contribution in [3.63, 3.8) is 0 Å². The number of allylic oxidation sites excluding steroid dienone is 3. The van der Waals surface area contributed by atoms with E-state index in [2.05, 4.69) is 0 Å². The average Bonchev–Trinajstić information content (AvgIpc) is 2.52. The highest BCUT2D eigenvalue weighted by atomic mass is 35.5. The number of hydrogen-bond acceptors (Lipinski definition) is 6. The molecular formula is C17H17ClO6. The molecule has 0 fully saturated rings. The van der Waals surface area contributed by atoms with Crippen molar-refractivity contribution in [1.29, 1.82) is 0 Å². The summed E-state index contributed by atoms with van der Waals surface area (Å²) in [6.07, 6.45) is 5.57. The van der Waals surface area contributed by atoms with Gasteiger partial charge in [0, 0.05) is 18.1 Å². The van der Waals surface area contributed by atoms with E-state index in [1.165, 1.54) is 18.2 Å². The Hall–Kier alpha value is -2.31. The molecule has 0 bridgehead atoms. The molecule has 7 heteroatoms. The van der Waals surface area contributed by atoms with Gasteiger partial charge in [-0.3, -0.25) is 4.79 Å². The Morgan fingerprint density at radius 2 is 1.92 bits per heavy atom. The van der Waals surface area contributed by atoms with Gasteiger partial charge < -0.3 is 20.1 Å². The summed E-state index contributed by atoms with van der Waals surface area (Å²) in [5, 5.41) is 29.2. The van der Waals surface area contributed by atoms with Gasteiger partial charge in [-0.15, -0.1) is 0 Å². The second-order valence-electron chi connectivity index (χ2n) is 5.31. The number of ketones is 1. The molecule has 1 heterocycles. The molecule has 1 aromatic carbocycles. The molecule has 128 valence electrons. The summed E-state index contributed by atoms with van der Waals surface area (Å²) in [6, 6.07) is 0.929. The number of aliphatic hydroxyl groups excluding tert-OH is 1. The molecule has 0 aliphatic carbocycles. The van der Waals surface area contributed by atoms with Gasteiger partial charge in [-0.05, 0) is 18.9 Å². The third-order valence-electron chi connectivity index (χ3n) is 3.48. The first-order valence-corrected chi connectivity index (χ1v) is 7.74. The molecule has 1 atom stereocenters. The minimum absolute atomic E-state index is 0.00916. The number of phenols is 2. The van der Waals surface area contributed by atoms with E-state index >= 15 is 0 Å². The lowest BCUT2D eigenvalue weighted by Gasteiger charge is -2.14. The summed E-state index contributed by atoms with van der Waals surface area (Å²) in [4.78, 5) is 24.2. The van der Waals surface area contributed by atoms with Crippen LogP contribution in [-0.2, 0) is 16.0 Å². The van der Waals surface area contributed by atoms with Crippen molar-refractivity contribution in [2.45, 2.75) is 25.4 Å². The molecule has 0 spiro atoms. The summed E-state index contributed by atoms with van der Waals surface area (Å²) < 4.78 is 5.07. The van der Waals surface area contributed by atoms with Gasteiger partial charge in [0.1, 0.15) is 17.1 Å². The zero-order valence-corrected chi connectivity index (χ0v) is 13.5. The second kappa shape index (κ2) is 7.99. The lowest BCUT2D eigenvalue weighted by atomic mass is 10.00. The van der Waals surface area contributed by atoms with Gasteiger partial charge in [-0.1, -0.05) is 29.8 Å². The van der Waals surface area contributed by atoms with E-state index in [-0.39, 0.29) is 29.2 Å². The minimum Gasteiger partial charge on any atom is -0.507 e. The summed E-state index contributed by atoms with van der Waals surface area (Å²) >= 11 is 5.99. The van der Waals surface area contributed by atoms with Crippen LogP contribution in [0, 0.1) is 0 Å². The Labute approximate surface area is 143 Å². The highest BCUT2D eigenvalue weighted by molar-refractivity contribution is 6.33. The molecule has 3 N–H and O–H groups in total. The van der Waals surface area contributed by atoms with E-state index < -0.39 is 29.4 Å². The molecule has 0 amide bonds. The zero-order chi connectivity index (χ0) is 17.7. The highest BCUT2D eigenvalue weighted by Gasteiger charge is 2.24. The maximum absolute atomic E-state index is 12.2. The van der Waals surface area contributed by atoms with Gasteiger partial charge in [0.15, 0.2) is 5.78 Å². The van der Waals surface area contributed by atoms with Crippen LogP contribution in [0.3, 0.4) is 0 Å². The molecule has 6 nitrogen and oxygen atoms in total. The van der Waals surface area contributed by atoms with E-state index in [0.717, 1.165) is 6.07 Å². The van der Waals surface area contributed by atoms with Crippen LogP contribution in [0.4, 0.5) is 0 Å². The lowest BCUT2D eigenvalue weighted by molar-refractivity contribution is -0.114. The van der Waals surface area contributed by atoms with Crippen molar-refractivity contribution in [2.24, 2.45) is 0 Å². The predicted octanol–water partition coefficient (Wildman–Crippen LogP) is 2.29. The molecule has 1 aliphatic heterocycles. The first-order chi connectivity index (χ1) is 11.4. The van der Waals surface area contributed by atoms with Crippen molar-refractivity contribution in [3.8, 4) is 11.5 Å². The highest BCUT2D eigenvalue weighted by Crippen LogP contribution is 2.37. The number of aromatic hydroxyl groups is 2. The molecule has 1 aliphatic rings. The molecular weight excluding hydrogens is 336 g/mol. The number of fused-ring (bicyclic) bond motifs is 1. The summed E-state index contributed by atoms with van der Waals surface area (Å²) in [7, 11) is 0. The Bertz CT molecular complexity index is 708. The normalized spacial score (nSPS) is 22.2. The number of ether oxygens (including phenoxy) is 1. The van der Waals surface area contributed by atoms with E-state index in [0.29, 0.717) is 12.8 Å². The molecule has 24 heavy (non-hydrogen) atoms. The maximum atomic E-state index is 12.2. The molecule has 1 aromatic rings.